The van der Waals surface area contributed by atoms with Crippen molar-refractivity contribution in [1.29, 1.82) is 0 Å². The summed E-state index contributed by atoms with van der Waals surface area (Å²) >= 11 is 0. The molecule has 0 spiro atoms. The first-order valence-corrected chi connectivity index (χ1v) is 23.1. The molecule has 1 aromatic heterocycles. The molecule has 0 bridgehead atoms. The number of hydrogen-bond donors (Lipinski definition) is 0. The number of nitrogens with zero attached hydrogens (tertiary/aromatic N) is 3. The van der Waals surface area contributed by atoms with Gasteiger partial charge in [-0.3, -0.25) is 4.98 Å². The monoisotopic (exact) mass is 833 g/mol. The highest BCUT2D eigenvalue weighted by Gasteiger charge is 2.36. The second-order valence-electron chi connectivity index (χ2n) is 18.5. The third kappa shape index (κ3) is 5.85. The van der Waals surface area contributed by atoms with Gasteiger partial charge in [0.15, 0.2) is 0 Å². The third-order valence-electron chi connectivity index (χ3n) is 14.7. The molecule has 9 aromatic carbocycles. The van der Waals surface area contributed by atoms with Gasteiger partial charge < -0.3 is 9.80 Å². The Labute approximate surface area is 380 Å². The van der Waals surface area contributed by atoms with Crippen LogP contribution in [0.3, 0.4) is 0 Å². The molecule has 1 aliphatic carbocycles. The van der Waals surface area contributed by atoms with Gasteiger partial charge in [0, 0.05) is 51.3 Å². The maximum atomic E-state index is 5.13. The minimum absolute atomic E-state index is 0.146. The second kappa shape index (κ2) is 14.7. The number of fused-ring (bicyclic) bond motifs is 9. The molecule has 3 heteroatoms. The number of benzene rings is 9. The number of rotatable bonds is 4. The Hall–Kier alpha value is -7.75. The van der Waals surface area contributed by atoms with Crippen LogP contribution in [0.4, 0.5) is 34.1 Å². The van der Waals surface area contributed by atoms with E-state index in [0.29, 0.717) is 0 Å². The van der Waals surface area contributed by atoms with E-state index in [4.69, 9.17) is 4.98 Å². The predicted octanol–water partition coefficient (Wildman–Crippen LogP) is 16.2. The summed E-state index contributed by atoms with van der Waals surface area (Å²) in [4.78, 5) is 10.1. The summed E-state index contributed by atoms with van der Waals surface area (Å²) in [6.45, 7) is 4.77. The maximum Gasteiger partial charge on any atom is 0.0714 e. The first kappa shape index (κ1) is 37.8. The first-order valence-electron chi connectivity index (χ1n) is 23.1. The predicted molar refractivity (Wildman–Crippen MR) is 272 cm³/mol. The van der Waals surface area contributed by atoms with Crippen molar-refractivity contribution in [2.24, 2.45) is 0 Å². The molecule has 310 valence electrons. The van der Waals surface area contributed by atoms with Crippen molar-refractivity contribution in [3.05, 3.63) is 234 Å². The van der Waals surface area contributed by atoms with Crippen molar-refractivity contribution in [3.8, 4) is 33.5 Å². The molecular formula is C62H47N3. The second-order valence-corrected chi connectivity index (χ2v) is 18.5. The van der Waals surface area contributed by atoms with Crippen molar-refractivity contribution >= 4 is 55.7 Å². The largest absolute Gasteiger partial charge is 0.310 e. The summed E-state index contributed by atoms with van der Waals surface area (Å²) in [5, 5.41) is 4.79. The molecule has 3 heterocycles. The standard InChI is InChI=1S/C62H47N3/c1-62(2)53-20-8-7-19-47(53)48-33-30-44(37-54(48)62)60-49-34-31-46(65-58-24-11-5-17-42(58)28-29-43-18-6-12-25-59(43)65)39-52(49)61(55-21-13-14-36-63-55)50-35-32-45(38-51(50)60)64-56-22-9-3-15-40(56)26-27-41-16-4-10-23-57(41)64/h3-25,30-39H,26-29H2,1-2H3. The van der Waals surface area contributed by atoms with Gasteiger partial charge >= 0.3 is 0 Å². The number of hydrogen-bond acceptors (Lipinski definition) is 3. The molecule has 0 atom stereocenters. The van der Waals surface area contributed by atoms with Gasteiger partial charge in [-0.15, -0.1) is 0 Å². The Kier molecular flexibility index (Phi) is 8.52. The molecule has 10 aromatic rings. The highest BCUT2D eigenvalue weighted by atomic mass is 15.2. The van der Waals surface area contributed by atoms with Crippen LogP contribution in [0, 0.1) is 0 Å². The Balaban J connectivity index is 1.14. The van der Waals surface area contributed by atoms with Gasteiger partial charge in [-0.2, -0.15) is 0 Å². The first-order chi connectivity index (χ1) is 32.0. The van der Waals surface area contributed by atoms with E-state index in [1.807, 2.05) is 12.3 Å². The summed E-state index contributed by atoms with van der Waals surface area (Å²) in [6.07, 6.45) is 5.93. The molecular weight excluding hydrogens is 787 g/mol. The zero-order valence-electron chi connectivity index (χ0n) is 36.7. The van der Waals surface area contributed by atoms with E-state index in [1.165, 1.54) is 99.9 Å². The zero-order valence-corrected chi connectivity index (χ0v) is 36.7. The fourth-order valence-corrected chi connectivity index (χ4v) is 11.6. The summed E-state index contributed by atoms with van der Waals surface area (Å²) < 4.78 is 0. The van der Waals surface area contributed by atoms with Crippen LogP contribution >= 0.6 is 0 Å². The normalized spacial score (nSPS) is 14.4. The molecule has 0 fully saturated rings. The summed E-state index contributed by atoms with van der Waals surface area (Å²) in [5.41, 5.74) is 22.5. The maximum absolute atomic E-state index is 5.13. The quantitative estimate of drug-likeness (QED) is 0.165. The van der Waals surface area contributed by atoms with Crippen molar-refractivity contribution in [1.82, 2.24) is 4.98 Å². The SMILES string of the molecule is CC1(C)c2ccccc2-c2ccc(-c3c4cc(N5c6ccccc6CCc6ccccc65)ccc4c(-c4ccccn4)c4cc(N5c6ccccc6CCc6ccccc65)ccc34)cc21. The summed E-state index contributed by atoms with van der Waals surface area (Å²) in [5.74, 6) is 0. The highest BCUT2D eigenvalue weighted by molar-refractivity contribution is 6.22. The molecule has 13 rings (SSSR count). The van der Waals surface area contributed by atoms with E-state index < -0.39 is 0 Å². The molecule has 3 nitrogen and oxygen atoms in total. The van der Waals surface area contributed by atoms with Gasteiger partial charge in [0.1, 0.15) is 0 Å². The van der Waals surface area contributed by atoms with Crippen LogP contribution in [0.1, 0.15) is 47.2 Å². The fraction of sp³-hybridized carbons (Fsp3) is 0.113. The molecule has 0 radical (unpaired) electrons. The Morgan fingerprint density at radius 2 is 0.846 bits per heavy atom. The van der Waals surface area contributed by atoms with Crippen LogP contribution < -0.4 is 9.80 Å². The Morgan fingerprint density at radius 1 is 0.385 bits per heavy atom. The Bertz CT molecular complexity index is 3450. The van der Waals surface area contributed by atoms with Crippen LogP contribution in [-0.4, -0.2) is 4.98 Å². The average Bonchev–Trinajstić information content (AvgIpc) is 3.47. The highest BCUT2D eigenvalue weighted by Crippen LogP contribution is 2.53. The summed E-state index contributed by atoms with van der Waals surface area (Å²) in [7, 11) is 0. The van der Waals surface area contributed by atoms with Gasteiger partial charge in [0.2, 0.25) is 0 Å². The molecule has 0 saturated carbocycles. The lowest BCUT2D eigenvalue weighted by molar-refractivity contribution is 0.660. The average molecular weight is 834 g/mol. The fourth-order valence-electron chi connectivity index (χ4n) is 11.6. The topological polar surface area (TPSA) is 19.4 Å². The number of aryl methyl sites for hydroxylation is 4. The molecule has 65 heavy (non-hydrogen) atoms. The van der Waals surface area contributed by atoms with E-state index in [1.54, 1.807) is 0 Å². The Morgan fingerprint density at radius 3 is 1.38 bits per heavy atom. The molecule has 0 N–H and O–H groups in total. The minimum atomic E-state index is -0.146. The van der Waals surface area contributed by atoms with E-state index in [9.17, 15) is 0 Å². The van der Waals surface area contributed by atoms with E-state index in [0.717, 1.165) is 48.3 Å². The van der Waals surface area contributed by atoms with Gasteiger partial charge in [0.25, 0.3) is 0 Å². The summed E-state index contributed by atoms with van der Waals surface area (Å²) in [6, 6.07) is 72.8. The van der Waals surface area contributed by atoms with Crippen LogP contribution in [-0.2, 0) is 31.1 Å². The van der Waals surface area contributed by atoms with Gasteiger partial charge in [-0.05, 0) is 170 Å². The lowest BCUT2D eigenvalue weighted by Gasteiger charge is -2.29. The van der Waals surface area contributed by atoms with Crippen LogP contribution in [0.2, 0.25) is 0 Å². The minimum Gasteiger partial charge on any atom is -0.310 e. The van der Waals surface area contributed by atoms with Crippen LogP contribution in [0.25, 0.3) is 55.1 Å². The van der Waals surface area contributed by atoms with Crippen molar-refractivity contribution < 1.29 is 0 Å². The number of para-hydroxylation sites is 4. The van der Waals surface area contributed by atoms with E-state index in [2.05, 4.69) is 212 Å². The molecule has 0 saturated heterocycles. The zero-order chi connectivity index (χ0) is 43.2. The van der Waals surface area contributed by atoms with E-state index >= 15 is 0 Å². The van der Waals surface area contributed by atoms with Crippen molar-refractivity contribution in [2.75, 3.05) is 9.80 Å². The van der Waals surface area contributed by atoms with Crippen LogP contribution in [0.5, 0.6) is 0 Å². The molecule has 0 unspecified atom stereocenters. The molecule has 3 aliphatic rings. The van der Waals surface area contributed by atoms with Gasteiger partial charge in [-0.1, -0.05) is 141 Å². The van der Waals surface area contributed by atoms with Crippen molar-refractivity contribution in [3.63, 3.8) is 0 Å². The van der Waals surface area contributed by atoms with Gasteiger partial charge in [-0.25, -0.2) is 0 Å². The number of pyridine rings is 1. The smallest absolute Gasteiger partial charge is 0.0714 e. The van der Waals surface area contributed by atoms with E-state index in [-0.39, 0.29) is 5.41 Å². The van der Waals surface area contributed by atoms with Crippen LogP contribution in [0.15, 0.2) is 200 Å². The lowest BCUT2D eigenvalue weighted by atomic mass is 9.80. The third-order valence-corrected chi connectivity index (χ3v) is 14.7. The van der Waals surface area contributed by atoms with Crippen molar-refractivity contribution in [2.45, 2.75) is 44.9 Å². The number of anilines is 6. The van der Waals surface area contributed by atoms with Gasteiger partial charge in [0.05, 0.1) is 5.69 Å². The molecule has 2 aliphatic heterocycles. The molecule has 0 amide bonds. The number of aromatic nitrogens is 1. The lowest BCUT2D eigenvalue weighted by Crippen LogP contribution is -2.15.